The summed E-state index contributed by atoms with van der Waals surface area (Å²) < 4.78 is 4.77. The van der Waals surface area contributed by atoms with Gasteiger partial charge in [0.25, 0.3) is 3.12 Å². The second-order valence-corrected chi connectivity index (χ2v) is 10.8. The largest absolute Gasteiger partial charge is 0.376 e. The Morgan fingerprint density at radius 3 is 2.00 bits per heavy atom. The van der Waals surface area contributed by atoms with Crippen molar-refractivity contribution in [2.45, 2.75) is 54.7 Å². The molecule has 0 saturated carbocycles. The van der Waals surface area contributed by atoms with Crippen LogP contribution in [0.4, 0.5) is 0 Å². The van der Waals surface area contributed by atoms with Gasteiger partial charge in [-0.15, -0.1) is 0 Å². The maximum Gasteiger partial charge on any atom is 0.256 e. The number of halogens is 3. The molecule has 0 radical (unpaired) electrons. The Morgan fingerprint density at radius 2 is 1.67 bits per heavy atom. The van der Waals surface area contributed by atoms with Gasteiger partial charge in [0.2, 0.25) is 11.8 Å². The van der Waals surface area contributed by atoms with Crippen molar-refractivity contribution in [3.63, 3.8) is 0 Å². The molecule has 3 aliphatic rings. The van der Waals surface area contributed by atoms with E-state index in [0.29, 0.717) is 24.8 Å². The molecule has 2 unspecified atom stereocenters. The Labute approximate surface area is 162 Å². The SMILES string of the molecule is CC1(C)CCCCO1.O=C1C2CC=CCC2C(=O)N1SC(Cl)(Cl)Cl. The highest BCUT2D eigenvalue weighted by Crippen LogP contribution is 2.46. The van der Waals surface area contributed by atoms with Crippen LogP contribution in [0.5, 0.6) is 0 Å². The summed E-state index contributed by atoms with van der Waals surface area (Å²) in [6.45, 7) is 5.28. The van der Waals surface area contributed by atoms with Crippen molar-refractivity contribution < 1.29 is 14.3 Å². The van der Waals surface area contributed by atoms with E-state index < -0.39 is 3.12 Å². The zero-order valence-corrected chi connectivity index (χ0v) is 16.9. The molecule has 2 atom stereocenters. The van der Waals surface area contributed by atoms with Crippen LogP contribution < -0.4 is 0 Å². The lowest BCUT2D eigenvalue weighted by atomic mass is 9.85. The van der Waals surface area contributed by atoms with Crippen molar-refractivity contribution in [1.82, 2.24) is 4.31 Å². The first-order valence-electron chi connectivity index (χ1n) is 8.03. The van der Waals surface area contributed by atoms with Gasteiger partial charge in [0, 0.05) is 18.6 Å². The van der Waals surface area contributed by atoms with Crippen LogP contribution in [0.3, 0.4) is 0 Å². The maximum absolute atomic E-state index is 11.9. The Kier molecular flexibility index (Phi) is 6.94. The fraction of sp³-hybridized carbons (Fsp3) is 0.750. The van der Waals surface area contributed by atoms with Crippen molar-refractivity contribution in [1.29, 1.82) is 0 Å². The van der Waals surface area contributed by atoms with Gasteiger partial charge in [-0.25, -0.2) is 4.31 Å². The van der Waals surface area contributed by atoms with Gasteiger partial charge in [0.15, 0.2) is 0 Å². The Balaban J connectivity index is 0.000000219. The summed E-state index contributed by atoms with van der Waals surface area (Å²) in [5.41, 5.74) is 0.179. The van der Waals surface area contributed by atoms with E-state index in [0.717, 1.165) is 10.9 Å². The van der Waals surface area contributed by atoms with Gasteiger partial charge < -0.3 is 4.74 Å². The number of rotatable bonds is 1. The molecule has 4 nitrogen and oxygen atoms in total. The third-order valence-electron chi connectivity index (χ3n) is 4.33. The van der Waals surface area contributed by atoms with Crippen molar-refractivity contribution in [2.75, 3.05) is 6.61 Å². The highest BCUT2D eigenvalue weighted by molar-refractivity contribution is 8.03. The number of carbonyl (C=O) groups is 2. The fourth-order valence-corrected chi connectivity index (χ4v) is 4.32. The molecule has 136 valence electrons. The van der Waals surface area contributed by atoms with Crippen LogP contribution in [0.2, 0.25) is 0 Å². The second kappa shape index (κ2) is 8.17. The van der Waals surface area contributed by atoms with E-state index >= 15 is 0 Å². The van der Waals surface area contributed by atoms with Gasteiger partial charge in [-0.1, -0.05) is 47.0 Å². The van der Waals surface area contributed by atoms with Gasteiger partial charge in [0.05, 0.1) is 17.4 Å². The minimum Gasteiger partial charge on any atom is -0.376 e. The van der Waals surface area contributed by atoms with Gasteiger partial charge in [-0.2, -0.15) is 0 Å². The predicted octanol–water partition coefficient (Wildman–Crippen LogP) is 4.88. The average molecular weight is 415 g/mol. The topological polar surface area (TPSA) is 46.6 Å². The number of fused-ring (bicyclic) bond motifs is 1. The number of hydrogen-bond donors (Lipinski definition) is 0. The summed E-state index contributed by atoms with van der Waals surface area (Å²) in [4.78, 5) is 23.8. The van der Waals surface area contributed by atoms with E-state index in [1.165, 1.54) is 19.3 Å². The standard InChI is InChI=1S/C9H8Cl3NO2S.C7H14O/c10-9(11,12)16-13-7(14)5-3-1-2-4-6(5)8(13)15;1-7(2)5-3-4-6-8-7/h1-2,5-6H,3-4H2;3-6H2,1-2H3. The van der Waals surface area contributed by atoms with E-state index in [4.69, 9.17) is 39.5 Å². The quantitative estimate of drug-likeness (QED) is 0.265. The zero-order valence-electron chi connectivity index (χ0n) is 13.8. The molecule has 2 amide bonds. The molecule has 2 heterocycles. The molecule has 0 bridgehead atoms. The average Bonchev–Trinajstić information content (AvgIpc) is 2.72. The smallest absolute Gasteiger partial charge is 0.256 e. The van der Waals surface area contributed by atoms with Gasteiger partial charge >= 0.3 is 0 Å². The molecule has 0 aromatic carbocycles. The third-order valence-corrected chi connectivity index (χ3v) is 5.70. The number of amides is 2. The van der Waals surface area contributed by atoms with E-state index in [1.54, 1.807) is 0 Å². The first-order chi connectivity index (χ1) is 11.1. The summed E-state index contributed by atoms with van der Waals surface area (Å²) >= 11 is 17.4. The number of hydrogen-bond acceptors (Lipinski definition) is 4. The highest BCUT2D eigenvalue weighted by Gasteiger charge is 2.49. The van der Waals surface area contributed by atoms with Crippen LogP contribution in [-0.2, 0) is 14.3 Å². The molecule has 0 aromatic rings. The first-order valence-corrected chi connectivity index (χ1v) is 9.94. The molecule has 2 fully saturated rings. The Hall–Kier alpha value is 0.0600. The number of allylic oxidation sites excluding steroid dienone is 2. The van der Waals surface area contributed by atoms with E-state index in [1.807, 2.05) is 12.2 Å². The monoisotopic (exact) mass is 413 g/mol. The predicted molar refractivity (Wildman–Crippen MR) is 99.0 cm³/mol. The third kappa shape index (κ3) is 5.53. The van der Waals surface area contributed by atoms with Gasteiger partial charge in [0.1, 0.15) is 0 Å². The number of nitrogens with zero attached hydrogens (tertiary/aromatic N) is 1. The Bertz CT molecular complexity index is 485. The number of carbonyl (C=O) groups excluding carboxylic acids is 2. The molecule has 2 aliphatic heterocycles. The molecule has 0 spiro atoms. The molecular weight excluding hydrogens is 393 g/mol. The number of imide groups is 1. The van der Waals surface area contributed by atoms with E-state index in [9.17, 15) is 9.59 Å². The fourth-order valence-electron chi connectivity index (χ4n) is 3.04. The molecule has 24 heavy (non-hydrogen) atoms. The van der Waals surface area contributed by atoms with Crippen LogP contribution in [0.1, 0.15) is 46.0 Å². The van der Waals surface area contributed by atoms with E-state index in [2.05, 4.69) is 13.8 Å². The minimum atomic E-state index is -1.69. The van der Waals surface area contributed by atoms with Crippen molar-refractivity contribution >= 4 is 58.6 Å². The number of ether oxygens (including phenoxy) is 1. The lowest BCUT2D eigenvalue weighted by Gasteiger charge is -2.29. The van der Waals surface area contributed by atoms with Crippen LogP contribution in [0, 0.1) is 11.8 Å². The second-order valence-electron chi connectivity index (χ2n) is 6.73. The van der Waals surface area contributed by atoms with Gasteiger partial charge in [-0.3, -0.25) is 9.59 Å². The molecule has 0 aromatic heterocycles. The molecule has 0 N–H and O–H groups in total. The van der Waals surface area contributed by atoms with Crippen LogP contribution in [0.25, 0.3) is 0 Å². The van der Waals surface area contributed by atoms with E-state index in [-0.39, 0.29) is 29.3 Å². The summed E-state index contributed by atoms with van der Waals surface area (Å²) in [7, 11) is 0. The molecule has 3 rings (SSSR count). The normalized spacial score (nSPS) is 29.1. The highest BCUT2D eigenvalue weighted by atomic mass is 35.6. The van der Waals surface area contributed by atoms with Crippen molar-refractivity contribution in [3.8, 4) is 0 Å². The van der Waals surface area contributed by atoms with Gasteiger partial charge in [-0.05, 0) is 46.0 Å². The summed E-state index contributed by atoms with van der Waals surface area (Å²) in [5.74, 6) is -1.07. The zero-order chi connectivity index (χ0) is 18.0. The Morgan fingerprint density at radius 1 is 1.12 bits per heavy atom. The van der Waals surface area contributed by atoms with Crippen molar-refractivity contribution in [3.05, 3.63) is 12.2 Å². The first kappa shape index (κ1) is 20.4. The molecule has 8 heteroatoms. The summed E-state index contributed by atoms with van der Waals surface area (Å²) in [6, 6.07) is 0. The lowest BCUT2D eigenvalue weighted by molar-refractivity contribution is -0.133. The minimum absolute atomic E-state index is 0.179. The summed E-state index contributed by atoms with van der Waals surface area (Å²) in [6.07, 6.45) is 8.83. The van der Waals surface area contributed by atoms with Crippen LogP contribution in [0.15, 0.2) is 12.2 Å². The molecule has 1 aliphatic carbocycles. The molecule has 2 saturated heterocycles. The lowest BCUT2D eigenvalue weighted by Crippen LogP contribution is -2.28. The van der Waals surface area contributed by atoms with Crippen molar-refractivity contribution in [2.24, 2.45) is 11.8 Å². The summed E-state index contributed by atoms with van der Waals surface area (Å²) in [5, 5.41) is 0. The maximum atomic E-state index is 11.9. The molecular formula is C16H22Cl3NO3S. The van der Waals surface area contributed by atoms with Crippen LogP contribution >= 0.6 is 46.8 Å². The number of alkyl halides is 3. The van der Waals surface area contributed by atoms with Crippen LogP contribution in [-0.4, -0.2) is 31.5 Å².